The summed E-state index contributed by atoms with van der Waals surface area (Å²) in [5.74, 6) is 0. The van der Waals surface area contributed by atoms with Crippen LogP contribution in [0.1, 0.15) is 20.3 Å². The second-order valence-electron chi connectivity index (χ2n) is 3.61. The molecular weight excluding hydrogens is 164 g/mol. The van der Waals surface area contributed by atoms with Crippen molar-refractivity contribution in [3.05, 3.63) is 0 Å². The summed E-state index contributed by atoms with van der Waals surface area (Å²) in [7, 11) is 2.02. The van der Waals surface area contributed by atoms with E-state index >= 15 is 0 Å². The molecule has 0 amide bonds. The third-order valence-corrected chi connectivity index (χ3v) is 2.88. The quantitative estimate of drug-likeness (QED) is 0.699. The van der Waals surface area contributed by atoms with Crippen molar-refractivity contribution in [1.29, 1.82) is 0 Å². The summed E-state index contributed by atoms with van der Waals surface area (Å²) in [6, 6.07) is 0.509. The first-order chi connectivity index (χ1) is 6.31. The van der Waals surface area contributed by atoms with Gasteiger partial charge in [-0.25, -0.2) is 0 Å². The Morgan fingerprint density at radius 2 is 2.31 bits per heavy atom. The Hall–Kier alpha value is -0.120. The fourth-order valence-corrected chi connectivity index (χ4v) is 1.92. The summed E-state index contributed by atoms with van der Waals surface area (Å²) in [4.78, 5) is 2.45. The highest BCUT2D eigenvalue weighted by atomic mass is 16.5. The lowest BCUT2D eigenvalue weighted by molar-refractivity contribution is -0.0442. The third-order valence-electron chi connectivity index (χ3n) is 2.88. The first-order valence-corrected chi connectivity index (χ1v) is 5.33. The molecular formula is C10H22N2O. The number of ether oxygens (including phenoxy) is 1. The molecule has 0 saturated carbocycles. The van der Waals surface area contributed by atoms with Crippen LogP contribution in [-0.2, 0) is 4.74 Å². The molecule has 0 aromatic rings. The molecule has 3 nitrogen and oxygen atoms in total. The number of nitrogens with zero attached hydrogens (tertiary/aromatic N) is 1. The fraction of sp³-hybridized carbons (Fsp3) is 1.00. The number of hydrogen-bond donors (Lipinski definition) is 1. The van der Waals surface area contributed by atoms with Gasteiger partial charge in [0.1, 0.15) is 0 Å². The van der Waals surface area contributed by atoms with Gasteiger partial charge in [-0.1, -0.05) is 13.8 Å². The number of nitrogens with one attached hydrogen (secondary N) is 1. The van der Waals surface area contributed by atoms with E-state index in [1.165, 1.54) is 0 Å². The molecule has 0 aromatic carbocycles. The molecule has 0 radical (unpaired) electrons. The van der Waals surface area contributed by atoms with Gasteiger partial charge in [-0.05, 0) is 20.0 Å². The van der Waals surface area contributed by atoms with Crippen LogP contribution in [0.25, 0.3) is 0 Å². The maximum Gasteiger partial charge on any atom is 0.0855 e. The smallest absolute Gasteiger partial charge is 0.0855 e. The Morgan fingerprint density at radius 3 is 2.85 bits per heavy atom. The third kappa shape index (κ3) is 2.93. The summed E-state index contributed by atoms with van der Waals surface area (Å²) < 4.78 is 5.75. The molecule has 1 saturated heterocycles. The topological polar surface area (TPSA) is 24.5 Å². The minimum atomic E-state index is 0.378. The number of likely N-dealkylation sites (N-methyl/N-ethyl adjacent to an activating group) is 2. The molecule has 13 heavy (non-hydrogen) atoms. The highest BCUT2D eigenvalue weighted by molar-refractivity contribution is 4.80. The van der Waals surface area contributed by atoms with Crippen LogP contribution in [0.2, 0.25) is 0 Å². The maximum atomic E-state index is 5.75. The summed E-state index contributed by atoms with van der Waals surface area (Å²) in [6.07, 6.45) is 1.52. The van der Waals surface area contributed by atoms with E-state index in [0.717, 1.165) is 32.7 Å². The van der Waals surface area contributed by atoms with Gasteiger partial charge in [-0.2, -0.15) is 0 Å². The van der Waals surface area contributed by atoms with Gasteiger partial charge < -0.3 is 10.1 Å². The lowest BCUT2D eigenvalue weighted by Crippen LogP contribution is -2.51. The molecule has 1 heterocycles. The van der Waals surface area contributed by atoms with E-state index < -0.39 is 0 Å². The maximum absolute atomic E-state index is 5.75. The zero-order valence-corrected chi connectivity index (χ0v) is 9.05. The van der Waals surface area contributed by atoms with Crippen LogP contribution in [0.3, 0.4) is 0 Å². The predicted octanol–water partition coefficient (Wildman–Crippen LogP) is 0.705. The van der Waals surface area contributed by atoms with Crippen molar-refractivity contribution < 1.29 is 4.74 Å². The summed E-state index contributed by atoms with van der Waals surface area (Å²) in [5, 5.41) is 3.31. The Balaban J connectivity index is 2.40. The second kappa shape index (κ2) is 5.58. The van der Waals surface area contributed by atoms with Gasteiger partial charge in [0.25, 0.3) is 0 Å². The van der Waals surface area contributed by atoms with Gasteiger partial charge >= 0.3 is 0 Å². The van der Waals surface area contributed by atoms with Crippen molar-refractivity contribution in [2.75, 3.05) is 33.3 Å². The van der Waals surface area contributed by atoms with E-state index in [4.69, 9.17) is 4.74 Å². The summed E-state index contributed by atoms with van der Waals surface area (Å²) in [6.45, 7) is 8.61. The molecule has 0 aromatic heterocycles. The molecule has 1 fully saturated rings. The van der Waals surface area contributed by atoms with Crippen LogP contribution < -0.4 is 5.32 Å². The van der Waals surface area contributed by atoms with Gasteiger partial charge in [0.05, 0.1) is 12.7 Å². The Morgan fingerprint density at radius 1 is 1.54 bits per heavy atom. The van der Waals surface area contributed by atoms with Crippen molar-refractivity contribution in [1.82, 2.24) is 10.2 Å². The Labute approximate surface area is 81.4 Å². The van der Waals surface area contributed by atoms with Crippen LogP contribution in [0.5, 0.6) is 0 Å². The number of rotatable bonds is 4. The average Bonchev–Trinajstić information content (AvgIpc) is 2.20. The first kappa shape index (κ1) is 11.0. The van der Waals surface area contributed by atoms with Crippen LogP contribution in [-0.4, -0.2) is 50.3 Å². The molecule has 2 unspecified atom stereocenters. The molecule has 0 bridgehead atoms. The highest BCUT2D eigenvalue weighted by Gasteiger charge is 2.24. The van der Waals surface area contributed by atoms with E-state index in [1.54, 1.807) is 0 Å². The molecule has 2 atom stereocenters. The van der Waals surface area contributed by atoms with Crippen molar-refractivity contribution >= 4 is 0 Å². The lowest BCUT2D eigenvalue weighted by atomic mass is 10.1. The zero-order valence-electron chi connectivity index (χ0n) is 9.05. The Kier molecular flexibility index (Phi) is 4.70. The monoisotopic (exact) mass is 186 g/mol. The van der Waals surface area contributed by atoms with Crippen LogP contribution in [0, 0.1) is 0 Å². The van der Waals surface area contributed by atoms with Crippen molar-refractivity contribution in [2.45, 2.75) is 32.4 Å². The fourth-order valence-electron chi connectivity index (χ4n) is 1.92. The number of hydrogen-bond acceptors (Lipinski definition) is 3. The molecule has 1 N–H and O–H groups in total. The molecule has 0 aliphatic carbocycles. The lowest BCUT2D eigenvalue weighted by Gasteiger charge is -2.36. The van der Waals surface area contributed by atoms with E-state index in [1.807, 2.05) is 7.05 Å². The summed E-state index contributed by atoms with van der Waals surface area (Å²) >= 11 is 0. The normalized spacial score (nSPS) is 27.5. The largest absolute Gasteiger partial charge is 0.374 e. The molecule has 1 aliphatic heterocycles. The second-order valence-corrected chi connectivity index (χ2v) is 3.61. The van der Waals surface area contributed by atoms with Gasteiger partial charge in [0.2, 0.25) is 0 Å². The van der Waals surface area contributed by atoms with Gasteiger partial charge in [-0.15, -0.1) is 0 Å². The minimum absolute atomic E-state index is 0.378. The van der Waals surface area contributed by atoms with Crippen LogP contribution >= 0.6 is 0 Å². The first-order valence-electron chi connectivity index (χ1n) is 5.33. The predicted molar refractivity (Wildman–Crippen MR) is 55.0 cm³/mol. The van der Waals surface area contributed by atoms with Crippen LogP contribution in [0.15, 0.2) is 0 Å². The highest BCUT2D eigenvalue weighted by Crippen LogP contribution is 2.10. The zero-order chi connectivity index (χ0) is 9.68. The van der Waals surface area contributed by atoms with Crippen molar-refractivity contribution in [3.8, 4) is 0 Å². The average molecular weight is 186 g/mol. The van der Waals surface area contributed by atoms with E-state index in [0.29, 0.717) is 12.1 Å². The van der Waals surface area contributed by atoms with Crippen molar-refractivity contribution in [3.63, 3.8) is 0 Å². The molecule has 1 aliphatic rings. The van der Waals surface area contributed by atoms with Crippen LogP contribution in [0.4, 0.5) is 0 Å². The standard InChI is InChI=1S/C10H22N2O/c1-4-9(11-3)10-8-12(5-2)6-7-13-10/h9-11H,4-8H2,1-3H3. The van der Waals surface area contributed by atoms with Crippen molar-refractivity contribution in [2.24, 2.45) is 0 Å². The minimum Gasteiger partial charge on any atom is -0.374 e. The van der Waals surface area contributed by atoms with Gasteiger partial charge in [-0.3, -0.25) is 4.90 Å². The molecule has 0 spiro atoms. The van der Waals surface area contributed by atoms with E-state index in [2.05, 4.69) is 24.1 Å². The number of morpholine rings is 1. The SMILES string of the molecule is CCC(NC)C1CN(CC)CCO1. The summed E-state index contributed by atoms with van der Waals surface area (Å²) in [5.41, 5.74) is 0. The van der Waals surface area contributed by atoms with Gasteiger partial charge in [0.15, 0.2) is 0 Å². The van der Waals surface area contributed by atoms with E-state index in [9.17, 15) is 0 Å². The van der Waals surface area contributed by atoms with Gasteiger partial charge in [0, 0.05) is 19.1 Å². The molecule has 3 heteroatoms. The Bertz CT molecular complexity index is 137. The van der Waals surface area contributed by atoms with E-state index in [-0.39, 0.29) is 0 Å². The molecule has 78 valence electrons. The molecule has 1 rings (SSSR count).